The summed E-state index contributed by atoms with van der Waals surface area (Å²) in [5.41, 5.74) is 0. The number of aliphatic hydroxyl groups excluding tert-OH is 1. The van der Waals surface area contributed by atoms with E-state index in [2.05, 4.69) is 34.6 Å². The first-order valence-corrected chi connectivity index (χ1v) is 47.1. The topological polar surface area (TPSA) is 237 Å². The van der Waals surface area contributed by atoms with Crippen LogP contribution in [0, 0.1) is 5.92 Å². The van der Waals surface area contributed by atoms with Crippen molar-refractivity contribution in [3.8, 4) is 0 Å². The highest BCUT2D eigenvalue weighted by molar-refractivity contribution is 7.47. The van der Waals surface area contributed by atoms with Crippen molar-refractivity contribution in [2.75, 3.05) is 39.6 Å². The van der Waals surface area contributed by atoms with Crippen molar-refractivity contribution >= 4 is 39.5 Å². The Balaban J connectivity index is 5.23. The summed E-state index contributed by atoms with van der Waals surface area (Å²) >= 11 is 0. The van der Waals surface area contributed by atoms with Crippen LogP contribution in [0.2, 0.25) is 0 Å². The van der Waals surface area contributed by atoms with E-state index in [1.165, 1.54) is 283 Å². The molecule has 0 spiro atoms. The quantitative estimate of drug-likeness (QED) is 0.0222. The third-order valence-corrected chi connectivity index (χ3v) is 21.9. The summed E-state index contributed by atoms with van der Waals surface area (Å²) in [6, 6.07) is 0. The van der Waals surface area contributed by atoms with E-state index >= 15 is 0 Å². The van der Waals surface area contributed by atoms with E-state index in [-0.39, 0.29) is 25.7 Å². The number of hydrogen-bond acceptors (Lipinski definition) is 15. The number of esters is 4. The van der Waals surface area contributed by atoms with Crippen molar-refractivity contribution in [2.24, 2.45) is 5.92 Å². The summed E-state index contributed by atoms with van der Waals surface area (Å²) in [5.74, 6) is -1.29. The van der Waals surface area contributed by atoms with Gasteiger partial charge in [-0.2, -0.15) is 0 Å². The van der Waals surface area contributed by atoms with Crippen LogP contribution in [0.25, 0.3) is 0 Å². The first-order chi connectivity index (χ1) is 50.5. The molecule has 0 aromatic carbocycles. The maximum atomic E-state index is 13.1. The zero-order valence-corrected chi connectivity index (χ0v) is 70.0. The Labute approximate surface area is 638 Å². The van der Waals surface area contributed by atoms with Crippen molar-refractivity contribution in [1.29, 1.82) is 0 Å². The molecule has 0 fully saturated rings. The van der Waals surface area contributed by atoms with Crippen LogP contribution in [0.15, 0.2) is 0 Å². The normalized spacial score (nSPS) is 13.8. The van der Waals surface area contributed by atoms with E-state index in [1.807, 2.05) is 0 Å². The number of unbranched alkanes of at least 4 members (excludes halogenated alkanes) is 57. The fourth-order valence-corrected chi connectivity index (χ4v) is 14.9. The predicted molar refractivity (Wildman–Crippen MR) is 428 cm³/mol. The zero-order valence-electron chi connectivity index (χ0n) is 68.2. The van der Waals surface area contributed by atoms with E-state index < -0.39 is 97.5 Å². The van der Waals surface area contributed by atoms with Crippen LogP contribution in [0.5, 0.6) is 0 Å². The average molecular weight is 1520 g/mol. The lowest BCUT2D eigenvalue weighted by atomic mass is 10.0. The number of carbonyl (C=O) groups excluding carboxylic acids is 4. The summed E-state index contributed by atoms with van der Waals surface area (Å²) in [6.45, 7) is 7.39. The Bertz CT molecular complexity index is 1980. The molecule has 5 atom stereocenters. The maximum Gasteiger partial charge on any atom is 0.472 e. The molecule has 0 heterocycles. The molecule has 0 radical (unpaired) electrons. The van der Waals surface area contributed by atoms with Gasteiger partial charge in [-0.25, -0.2) is 9.13 Å². The van der Waals surface area contributed by atoms with Gasteiger partial charge in [0.05, 0.1) is 26.4 Å². The molecular weight excluding hydrogens is 1350 g/mol. The lowest BCUT2D eigenvalue weighted by Gasteiger charge is -2.21. The van der Waals surface area contributed by atoms with Gasteiger partial charge < -0.3 is 33.8 Å². The number of carbonyl (C=O) groups is 4. The molecule has 618 valence electrons. The van der Waals surface area contributed by atoms with Crippen LogP contribution in [-0.4, -0.2) is 96.7 Å². The molecule has 3 N–H and O–H groups in total. The van der Waals surface area contributed by atoms with Gasteiger partial charge in [0.2, 0.25) is 0 Å². The zero-order chi connectivity index (χ0) is 76.2. The van der Waals surface area contributed by atoms with Crippen LogP contribution in [0.4, 0.5) is 0 Å². The lowest BCUT2D eigenvalue weighted by Crippen LogP contribution is -2.30. The molecule has 0 aliphatic rings. The minimum absolute atomic E-state index is 0.108. The highest BCUT2D eigenvalue weighted by Crippen LogP contribution is 2.45. The fourth-order valence-electron chi connectivity index (χ4n) is 13.3. The van der Waals surface area contributed by atoms with Gasteiger partial charge in [0.15, 0.2) is 12.2 Å². The molecule has 0 saturated heterocycles. The standard InChI is InChI=1S/C85H166O17P2/c1-6-9-12-15-18-21-24-27-28-29-30-31-32-37-41-46-51-56-61-66-71-85(90)102-81(75-96-83(88)69-64-59-54-49-44-40-36-34-33-35-39-42-47-52-57-62-67-78(4)5)77-100-104(93,94)98-73-79(86)72-97-103(91,92)99-76-80(74-95-82(87)68-63-58-53-48-43-26-23-20-17-14-11-8-3)101-84(89)70-65-60-55-50-45-38-25-22-19-16-13-10-7-2/h78-81,86H,6-77H2,1-5H3,(H,91,92)(H,93,94)/t79-,80+,81+/m0/s1. The first-order valence-electron chi connectivity index (χ1n) is 44.1. The van der Waals surface area contributed by atoms with Gasteiger partial charge in [0.25, 0.3) is 0 Å². The van der Waals surface area contributed by atoms with Crippen LogP contribution < -0.4 is 0 Å². The van der Waals surface area contributed by atoms with Crippen LogP contribution in [0.3, 0.4) is 0 Å². The molecule has 0 rings (SSSR count). The number of ether oxygens (including phenoxy) is 4. The molecule has 2 unspecified atom stereocenters. The summed E-state index contributed by atoms with van der Waals surface area (Å²) in [4.78, 5) is 73.2. The van der Waals surface area contributed by atoms with Crippen molar-refractivity contribution in [3.63, 3.8) is 0 Å². The second-order valence-electron chi connectivity index (χ2n) is 31.1. The number of hydrogen-bond donors (Lipinski definition) is 3. The largest absolute Gasteiger partial charge is 0.472 e. The van der Waals surface area contributed by atoms with Crippen LogP contribution in [-0.2, 0) is 65.4 Å². The van der Waals surface area contributed by atoms with E-state index in [9.17, 15) is 43.2 Å². The van der Waals surface area contributed by atoms with Gasteiger partial charge in [-0.1, -0.05) is 407 Å². The molecule has 0 saturated carbocycles. The Morgan fingerprint density at radius 2 is 0.442 bits per heavy atom. The highest BCUT2D eigenvalue weighted by atomic mass is 31.2. The van der Waals surface area contributed by atoms with Crippen LogP contribution >= 0.6 is 15.6 Å². The average Bonchev–Trinajstić information content (AvgIpc) is 0.902. The summed E-state index contributed by atoms with van der Waals surface area (Å²) < 4.78 is 68.9. The highest BCUT2D eigenvalue weighted by Gasteiger charge is 2.30. The molecule has 0 aliphatic heterocycles. The molecule has 0 aromatic heterocycles. The molecule has 0 amide bonds. The molecule has 0 aromatic rings. The fraction of sp³-hybridized carbons (Fsp3) is 0.953. The molecule has 104 heavy (non-hydrogen) atoms. The van der Waals surface area contributed by atoms with E-state index in [0.29, 0.717) is 25.7 Å². The van der Waals surface area contributed by atoms with Gasteiger partial charge in [-0.3, -0.25) is 37.3 Å². The smallest absolute Gasteiger partial charge is 0.462 e. The van der Waals surface area contributed by atoms with E-state index in [0.717, 1.165) is 95.8 Å². The molecule has 19 heteroatoms. The number of phosphoric acid groups is 2. The third kappa shape index (κ3) is 78.2. The second-order valence-corrected chi connectivity index (χ2v) is 34.0. The lowest BCUT2D eigenvalue weighted by molar-refractivity contribution is -0.161. The monoisotopic (exact) mass is 1520 g/mol. The summed E-state index contributed by atoms with van der Waals surface area (Å²) in [7, 11) is -9.92. The molecule has 0 bridgehead atoms. The summed E-state index contributed by atoms with van der Waals surface area (Å²) in [5, 5.41) is 10.7. The van der Waals surface area contributed by atoms with Gasteiger partial charge in [-0.05, 0) is 31.6 Å². The first kappa shape index (κ1) is 102. The molecule has 0 aliphatic carbocycles. The van der Waals surface area contributed by atoms with Gasteiger partial charge in [-0.15, -0.1) is 0 Å². The summed E-state index contributed by atoms with van der Waals surface area (Å²) in [6.07, 6.45) is 70.7. The second kappa shape index (κ2) is 77.8. The SMILES string of the molecule is CCCCCCCCCCCCCCCCCCCCCCC(=O)O[C@H](COC(=O)CCCCCCCCCCCCCCCCCCC(C)C)COP(=O)(O)OC[C@@H](O)COP(=O)(O)OC[C@@H](COC(=O)CCCCCCCCCCCCCC)OC(=O)CCCCCCCCCCCCCCC. The predicted octanol–water partition coefficient (Wildman–Crippen LogP) is 26.0. The number of rotatable bonds is 85. The Morgan fingerprint density at radius 3 is 0.654 bits per heavy atom. The van der Waals surface area contributed by atoms with Crippen molar-refractivity contribution in [2.45, 2.75) is 477 Å². The van der Waals surface area contributed by atoms with Crippen molar-refractivity contribution < 1.29 is 80.2 Å². The maximum absolute atomic E-state index is 13.1. The van der Waals surface area contributed by atoms with Gasteiger partial charge in [0.1, 0.15) is 19.3 Å². The number of aliphatic hydroxyl groups is 1. The van der Waals surface area contributed by atoms with E-state index in [1.54, 1.807) is 0 Å². The minimum atomic E-state index is -4.96. The Morgan fingerprint density at radius 1 is 0.260 bits per heavy atom. The van der Waals surface area contributed by atoms with E-state index in [4.69, 9.17) is 37.0 Å². The van der Waals surface area contributed by atoms with Gasteiger partial charge >= 0.3 is 39.5 Å². The molecule has 17 nitrogen and oxygen atoms in total. The third-order valence-electron chi connectivity index (χ3n) is 20.0. The van der Waals surface area contributed by atoms with Crippen molar-refractivity contribution in [3.05, 3.63) is 0 Å². The van der Waals surface area contributed by atoms with Crippen LogP contribution in [0.1, 0.15) is 458 Å². The molecular formula is C85H166O17P2. The minimum Gasteiger partial charge on any atom is -0.462 e. The van der Waals surface area contributed by atoms with Gasteiger partial charge in [0, 0.05) is 25.7 Å². The van der Waals surface area contributed by atoms with Crippen molar-refractivity contribution in [1.82, 2.24) is 0 Å². The Kier molecular flexibility index (Phi) is 76.3. The Hall–Kier alpha value is -1.94. The number of phosphoric ester groups is 2.